The SMILES string of the molecule is CSCc1cccc(C(=O)NCc2cn[nH]c2)c1. The third-order valence-electron chi connectivity index (χ3n) is 2.51. The van der Waals surface area contributed by atoms with Crippen LogP contribution in [0.4, 0.5) is 0 Å². The molecular formula is C13H15N3OS. The molecule has 0 saturated heterocycles. The molecule has 5 heteroatoms. The number of aromatic nitrogens is 2. The molecule has 1 amide bonds. The summed E-state index contributed by atoms with van der Waals surface area (Å²) < 4.78 is 0. The Labute approximate surface area is 110 Å². The van der Waals surface area contributed by atoms with Crippen molar-refractivity contribution in [3.63, 3.8) is 0 Å². The second-order valence-corrected chi connectivity index (χ2v) is 4.79. The number of aromatic amines is 1. The number of nitrogens with zero attached hydrogens (tertiary/aromatic N) is 1. The molecule has 0 aliphatic carbocycles. The van der Waals surface area contributed by atoms with E-state index < -0.39 is 0 Å². The Morgan fingerprint density at radius 3 is 3.06 bits per heavy atom. The van der Waals surface area contributed by atoms with Crippen LogP contribution in [0.15, 0.2) is 36.7 Å². The molecule has 2 aromatic rings. The fraction of sp³-hybridized carbons (Fsp3) is 0.231. The fourth-order valence-corrected chi connectivity index (χ4v) is 2.14. The van der Waals surface area contributed by atoms with Gasteiger partial charge in [-0.25, -0.2) is 0 Å². The van der Waals surface area contributed by atoms with Gasteiger partial charge < -0.3 is 5.32 Å². The maximum atomic E-state index is 11.9. The molecule has 18 heavy (non-hydrogen) atoms. The van der Waals surface area contributed by atoms with Crippen LogP contribution in [0.3, 0.4) is 0 Å². The molecule has 0 spiro atoms. The molecule has 1 aromatic heterocycles. The molecular weight excluding hydrogens is 246 g/mol. The Hall–Kier alpha value is -1.75. The van der Waals surface area contributed by atoms with Crippen LogP contribution >= 0.6 is 11.8 Å². The number of hydrogen-bond donors (Lipinski definition) is 2. The predicted octanol–water partition coefficient (Wildman–Crippen LogP) is 2.20. The number of thioether (sulfide) groups is 1. The van der Waals surface area contributed by atoms with E-state index in [-0.39, 0.29) is 5.91 Å². The number of carbonyl (C=O) groups excluding carboxylic acids is 1. The van der Waals surface area contributed by atoms with E-state index in [1.165, 1.54) is 5.56 Å². The average Bonchev–Trinajstić information content (AvgIpc) is 2.90. The smallest absolute Gasteiger partial charge is 0.251 e. The van der Waals surface area contributed by atoms with Gasteiger partial charge in [0, 0.05) is 29.6 Å². The topological polar surface area (TPSA) is 57.8 Å². The van der Waals surface area contributed by atoms with Gasteiger partial charge in [0.25, 0.3) is 5.91 Å². The van der Waals surface area contributed by atoms with E-state index in [1.54, 1.807) is 24.2 Å². The monoisotopic (exact) mass is 261 g/mol. The lowest BCUT2D eigenvalue weighted by Crippen LogP contribution is -2.22. The van der Waals surface area contributed by atoms with Crippen molar-refractivity contribution < 1.29 is 4.79 Å². The van der Waals surface area contributed by atoms with Crippen LogP contribution in [0.1, 0.15) is 21.5 Å². The number of nitrogens with one attached hydrogen (secondary N) is 2. The first kappa shape index (κ1) is 12.7. The summed E-state index contributed by atoms with van der Waals surface area (Å²) in [6.45, 7) is 0.488. The zero-order valence-corrected chi connectivity index (χ0v) is 11.0. The number of hydrogen-bond acceptors (Lipinski definition) is 3. The molecule has 0 aliphatic rings. The highest BCUT2D eigenvalue weighted by atomic mass is 32.2. The highest BCUT2D eigenvalue weighted by Gasteiger charge is 2.06. The fourth-order valence-electron chi connectivity index (χ4n) is 1.63. The van der Waals surface area contributed by atoms with Gasteiger partial charge in [-0.05, 0) is 24.0 Å². The Kier molecular flexibility index (Phi) is 4.41. The van der Waals surface area contributed by atoms with Crippen LogP contribution in [-0.4, -0.2) is 22.4 Å². The van der Waals surface area contributed by atoms with Crippen LogP contribution in [0.5, 0.6) is 0 Å². The quantitative estimate of drug-likeness (QED) is 0.867. The van der Waals surface area contributed by atoms with Gasteiger partial charge in [-0.15, -0.1) is 0 Å². The van der Waals surface area contributed by atoms with Gasteiger partial charge in [0.2, 0.25) is 0 Å². The molecule has 0 bridgehead atoms. The first-order chi connectivity index (χ1) is 8.79. The number of benzene rings is 1. The van der Waals surface area contributed by atoms with E-state index in [2.05, 4.69) is 15.5 Å². The molecule has 1 heterocycles. The van der Waals surface area contributed by atoms with Crippen molar-refractivity contribution in [2.75, 3.05) is 6.26 Å². The summed E-state index contributed by atoms with van der Waals surface area (Å²) in [6.07, 6.45) is 5.51. The molecule has 2 N–H and O–H groups in total. The van der Waals surface area contributed by atoms with Crippen molar-refractivity contribution in [3.8, 4) is 0 Å². The largest absolute Gasteiger partial charge is 0.348 e. The summed E-state index contributed by atoms with van der Waals surface area (Å²) in [4.78, 5) is 11.9. The molecule has 0 unspecified atom stereocenters. The van der Waals surface area contributed by atoms with E-state index in [4.69, 9.17) is 0 Å². The Morgan fingerprint density at radius 2 is 2.33 bits per heavy atom. The number of rotatable bonds is 5. The van der Waals surface area contributed by atoms with Crippen molar-refractivity contribution >= 4 is 17.7 Å². The summed E-state index contributed by atoms with van der Waals surface area (Å²) in [5.41, 5.74) is 2.83. The van der Waals surface area contributed by atoms with Gasteiger partial charge in [0.15, 0.2) is 0 Å². The van der Waals surface area contributed by atoms with Crippen LogP contribution < -0.4 is 5.32 Å². The van der Waals surface area contributed by atoms with E-state index >= 15 is 0 Å². The van der Waals surface area contributed by atoms with Gasteiger partial charge >= 0.3 is 0 Å². The second kappa shape index (κ2) is 6.26. The van der Waals surface area contributed by atoms with E-state index in [9.17, 15) is 4.79 Å². The Bertz CT molecular complexity index is 511. The molecule has 0 saturated carbocycles. The zero-order valence-electron chi connectivity index (χ0n) is 10.1. The summed E-state index contributed by atoms with van der Waals surface area (Å²) >= 11 is 1.74. The molecule has 1 aromatic carbocycles. The maximum absolute atomic E-state index is 11.9. The second-order valence-electron chi connectivity index (χ2n) is 3.92. The lowest BCUT2D eigenvalue weighted by atomic mass is 10.1. The van der Waals surface area contributed by atoms with Crippen molar-refractivity contribution in [2.45, 2.75) is 12.3 Å². The van der Waals surface area contributed by atoms with E-state index in [0.717, 1.165) is 11.3 Å². The van der Waals surface area contributed by atoms with Gasteiger partial charge in [-0.3, -0.25) is 9.89 Å². The normalized spacial score (nSPS) is 10.3. The zero-order chi connectivity index (χ0) is 12.8. The molecule has 94 valence electrons. The van der Waals surface area contributed by atoms with Crippen LogP contribution in [-0.2, 0) is 12.3 Å². The molecule has 2 rings (SSSR count). The minimum absolute atomic E-state index is 0.0563. The average molecular weight is 261 g/mol. The lowest BCUT2D eigenvalue weighted by molar-refractivity contribution is 0.0951. The first-order valence-electron chi connectivity index (χ1n) is 5.63. The number of carbonyl (C=O) groups is 1. The summed E-state index contributed by atoms with van der Waals surface area (Å²) in [7, 11) is 0. The minimum atomic E-state index is -0.0563. The van der Waals surface area contributed by atoms with Crippen molar-refractivity contribution in [1.29, 1.82) is 0 Å². The summed E-state index contributed by atoms with van der Waals surface area (Å²) in [5.74, 6) is 0.863. The maximum Gasteiger partial charge on any atom is 0.251 e. The highest BCUT2D eigenvalue weighted by molar-refractivity contribution is 7.97. The standard InChI is InChI=1S/C13H15N3OS/c1-18-9-10-3-2-4-12(5-10)13(17)14-6-11-7-15-16-8-11/h2-5,7-8H,6,9H2,1H3,(H,14,17)(H,15,16). The first-order valence-corrected chi connectivity index (χ1v) is 7.02. The van der Waals surface area contributed by atoms with Gasteiger partial charge in [-0.1, -0.05) is 12.1 Å². The van der Waals surface area contributed by atoms with Crippen molar-refractivity contribution in [3.05, 3.63) is 53.3 Å². The highest BCUT2D eigenvalue weighted by Crippen LogP contribution is 2.11. The lowest BCUT2D eigenvalue weighted by Gasteiger charge is -2.05. The van der Waals surface area contributed by atoms with E-state index in [0.29, 0.717) is 12.1 Å². The minimum Gasteiger partial charge on any atom is -0.348 e. The van der Waals surface area contributed by atoms with Crippen molar-refractivity contribution in [2.24, 2.45) is 0 Å². The van der Waals surface area contributed by atoms with Crippen LogP contribution in [0.25, 0.3) is 0 Å². The Balaban J connectivity index is 1.97. The number of amides is 1. The summed E-state index contributed by atoms with van der Waals surface area (Å²) in [6, 6.07) is 7.71. The molecule has 0 fully saturated rings. The third-order valence-corrected chi connectivity index (χ3v) is 3.13. The summed E-state index contributed by atoms with van der Waals surface area (Å²) in [5, 5.41) is 9.41. The third kappa shape index (κ3) is 3.37. The molecule has 0 atom stereocenters. The molecule has 4 nitrogen and oxygen atoms in total. The molecule has 0 radical (unpaired) electrons. The predicted molar refractivity (Wildman–Crippen MR) is 73.4 cm³/mol. The van der Waals surface area contributed by atoms with Gasteiger partial charge in [-0.2, -0.15) is 16.9 Å². The Morgan fingerprint density at radius 1 is 1.44 bits per heavy atom. The van der Waals surface area contributed by atoms with Crippen molar-refractivity contribution in [1.82, 2.24) is 15.5 Å². The molecule has 0 aliphatic heterocycles. The number of H-pyrrole nitrogens is 1. The van der Waals surface area contributed by atoms with Crippen LogP contribution in [0, 0.1) is 0 Å². The van der Waals surface area contributed by atoms with Gasteiger partial charge in [0.05, 0.1) is 6.20 Å². The van der Waals surface area contributed by atoms with E-state index in [1.807, 2.05) is 30.5 Å². The van der Waals surface area contributed by atoms with Crippen LogP contribution in [0.2, 0.25) is 0 Å². The van der Waals surface area contributed by atoms with Gasteiger partial charge in [0.1, 0.15) is 0 Å².